The van der Waals surface area contributed by atoms with Gasteiger partial charge < -0.3 is 0 Å². The number of unbranched alkanes of at least 4 members (excludes halogenated alkanes) is 4. The van der Waals surface area contributed by atoms with E-state index in [1.54, 1.807) is 6.07 Å². The summed E-state index contributed by atoms with van der Waals surface area (Å²) in [6, 6.07) is 12.7. The van der Waals surface area contributed by atoms with Gasteiger partial charge in [0, 0.05) is 6.42 Å². The summed E-state index contributed by atoms with van der Waals surface area (Å²) in [6.07, 6.45) is 13.5. The highest BCUT2D eigenvalue weighted by Gasteiger charge is 2.34. The van der Waals surface area contributed by atoms with E-state index in [4.69, 9.17) is 0 Å². The van der Waals surface area contributed by atoms with Crippen LogP contribution >= 0.6 is 0 Å². The Balaban J connectivity index is 1.78. The smallest absolute Gasteiger partial charge is 0.206 e. The van der Waals surface area contributed by atoms with Gasteiger partial charge >= 0.3 is 0 Å². The Morgan fingerprint density at radius 1 is 0.781 bits per heavy atom. The molecule has 0 nitrogen and oxygen atoms in total. The van der Waals surface area contributed by atoms with Crippen LogP contribution in [0.15, 0.2) is 42.5 Å². The molecule has 0 unspecified atom stereocenters. The van der Waals surface area contributed by atoms with Crippen LogP contribution in [0.5, 0.6) is 0 Å². The normalized spacial score (nSPS) is 16.3. The minimum Gasteiger partial charge on any atom is -0.206 e. The van der Waals surface area contributed by atoms with Crippen molar-refractivity contribution in [3.63, 3.8) is 0 Å². The minimum absolute atomic E-state index is 0.265. The number of alkyl halides is 2. The van der Waals surface area contributed by atoms with Crippen molar-refractivity contribution >= 4 is 0 Å². The molecule has 0 aliphatic heterocycles. The van der Waals surface area contributed by atoms with E-state index in [1.807, 2.05) is 19.1 Å². The van der Waals surface area contributed by atoms with Gasteiger partial charge in [0.05, 0.1) is 5.56 Å². The first-order valence-corrected chi connectivity index (χ1v) is 12.7. The van der Waals surface area contributed by atoms with Crippen molar-refractivity contribution in [1.29, 1.82) is 0 Å². The second-order valence-corrected chi connectivity index (χ2v) is 9.73. The van der Waals surface area contributed by atoms with Gasteiger partial charge in [-0.05, 0) is 59.9 Å². The Bertz CT molecular complexity index is 832. The number of rotatable bonds is 11. The van der Waals surface area contributed by atoms with Gasteiger partial charge in [-0.25, -0.2) is 13.2 Å². The Hall–Kier alpha value is -1.77. The van der Waals surface area contributed by atoms with Crippen molar-refractivity contribution in [3.8, 4) is 11.1 Å². The van der Waals surface area contributed by atoms with Crippen LogP contribution in [0.25, 0.3) is 11.1 Å². The monoisotopic (exact) mass is 444 g/mol. The van der Waals surface area contributed by atoms with E-state index in [0.717, 1.165) is 5.56 Å². The second kappa shape index (κ2) is 11.4. The molecule has 0 amide bonds. The van der Waals surface area contributed by atoms with Crippen molar-refractivity contribution in [2.24, 2.45) is 0 Å². The zero-order valence-electron chi connectivity index (χ0n) is 19.9. The van der Waals surface area contributed by atoms with E-state index in [0.29, 0.717) is 18.4 Å². The summed E-state index contributed by atoms with van der Waals surface area (Å²) in [4.78, 5) is 0. The zero-order valence-corrected chi connectivity index (χ0v) is 19.9. The van der Waals surface area contributed by atoms with Crippen molar-refractivity contribution in [2.45, 2.75) is 109 Å². The molecule has 1 aliphatic carbocycles. The molecule has 3 heteroatoms. The van der Waals surface area contributed by atoms with Crippen molar-refractivity contribution < 1.29 is 13.2 Å². The predicted molar refractivity (Wildman–Crippen MR) is 129 cm³/mol. The molecular weight excluding hydrogens is 405 g/mol. The Labute approximate surface area is 192 Å². The first-order chi connectivity index (χ1) is 15.4. The van der Waals surface area contributed by atoms with Crippen LogP contribution in [0.1, 0.15) is 108 Å². The van der Waals surface area contributed by atoms with Gasteiger partial charge in [-0.1, -0.05) is 95.5 Å². The molecule has 0 spiro atoms. The lowest BCUT2D eigenvalue weighted by Crippen LogP contribution is -2.29. The molecule has 0 radical (unpaired) electrons. The molecule has 3 rings (SSSR count). The highest BCUT2D eigenvalue weighted by Crippen LogP contribution is 2.44. The molecule has 0 atom stereocenters. The van der Waals surface area contributed by atoms with Crippen molar-refractivity contribution in [1.82, 2.24) is 0 Å². The third-order valence-corrected chi connectivity index (χ3v) is 7.36. The molecule has 176 valence electrons. The topological polar surface area (TPSA) is 0 Å². The molecule has 1 saturated carbocycles. The number of halogens is 3. The second-order valence-electron chi connectivity index (χ2n) is 9.73. The van der Waals surface area contributed by atoms with Crippen LogP contribution in [0, 0.1) is 5.82 Å². The van der Waals surface area contributed by atoms with Gasteiger partial charge in [0.25, 0.3) is 5.92 Å². The van der Waals surface area contributed by atoms with Crippen LogP contribution in [-0.4, -0.2) is 0 Å². The van der Waals surface area contributed by atoms with Crippen molar-refractivity contribution in [3.05, 3.63) is 59.4 Å². The zero-order chi connectivity index (χ0) is 23.0. The van der Waals surface area contributed by atoms with E-state index in [1.165, 1.54) is 81.9 Å². The van der Waals surface area contributed by atoms with E-state index in [2.05, 4.69) is 19.1 Å². The Morgan fingerprint density at radius 2 is 1.44 bits per heavy atom. The maximum atomic E-state index is 14.6. The van der Waals surface area contributed by atoms with Crippen LogP contribution in [-0.2, 0) is 11.3 Å². The first-order valence-electron chi connectivity index (χ1n) is 12.7. The predicted octanol–water partition coefficient (Wildman–Crippen LogP) is 9.95. The lowest BCUT2D eigenvalue weighted by atomic mass is 9.66. The summed E-state index contributed by atoms with van der Waals surface area (Å²) >= 11 is 0. The summed E-state index contributed by atoms with van der Waals surface area (Å²) < 4.78 is 43.3. The van der Waals surface area contributed by atoms with Crippen LogP contribution in [0.2, 0.25) is 0 Å². The maximum absolute atomic E-state index is 14.6. The standard InChI is InChI=1S/C29H39F3/c1-3-5-7-9-18-28(19-10-8-11-20-28)25-15-12-23(13-16-25)24-14-17-26(27(30)22-24)29(31,32)21-6-4-2/h12-17,22H,3-11,18-21H2,1-2H3. The van der Waals surface area contributed by atoms with Gasteiger partial charge in [0.15, 0.2) is 0 Å². The van der Waals surface area contributed by atoms with Crippen LogP contribution in [0.3, 0.4) is 0 Å². The lowest BCUT2D eigenvalue weighted by molar-refractivity contribution is -0.0187. The molecule has 0 bridgehead atoms. The molecule has 2 aromatic rings. The Morgan fingerprint density at radius 3 is 2.06 bits per heavy atom. The average Bonchev–Trinajstić information content (AvgIpc) is 2.81. The number of hydrogen-bond donors (Lipinski definition) is 0. The summed E-state index contributed by atoms with van der Waals surface area (Å²) in [5, 5.41) is 0. The summed E-state index contributed by atoms with van der Waals surface area (Å²) in [7, 11) is 0. The minimum atomic E-state index is -3.12. The average molecular weight is 445 g/mol. The van der Waals surface area contributed by atoms with Gasteiger partial charge in [-0.3, -0.25) is 0 Å². The fraction of sp³-hybridized carbons (Fsp3) is 0.586. The molecule has 0 heterocycles. The highest BCUT2D eigenvalue weighted by atomic mass is 19.3. The number of hydrogen-bond acceptors (Lipinski definition) is 0. The molecule has 0 saturated heterocycles. The molecule has 0 N–H and O–H groups in total. The maximum Gasteiger partial charge on any atom is 0.276 e. The third kappa shape index (κ3) is 5.97. The van der Waals surface area contributed by atoms with Gasteiger partial charge in [0.1, 0.15) is 5.82 Å². The fourth-order valence-electron chi connectivity index (χ4n) is 5.34. The molecule has 1 aliphatic rings. The SMILES string of the molecule is CCCCCCC1(c2ccc(-c3ccc(C(F)(F)CCCC)c(F)c3)cc2)CCCCC1. The molecule has 32 heavy (non-hydrogen) atoms. The Kier molecular flexibility index (Phi) is 8.85. The van der Waals surface area contributed by atoms with E-state index < -0.39 is 17.3 Å². The van der Waals surface area contributed by atoms with Crippen LogP contribution < -0.4 is 0 Å². The van der Waals surface area contributed by atoms with Gasteiger partial charge in [-0.2, -0.15) is 0 Å². The van der Waals surface area contributed by atoms with Gasteiger partial charge in [0.2, 0.25) is 0 Å². The lowest BCUT2D eigenvalue weighted by Gasteiger charge is -2.38. The first kappa shape index (κ1) is 24.9. The van der Waals surface area contributed by atoms with Gasteiger partial charge in [-0.15, -0.1) is 0 Å². The van der Waals surface area contributed by atoms with Crippen molar-refractivity contribution in [2.75, 3.05) is 0 Å². The molecule has 2 aromatic carbocycles. The third-order valence-electron chi connectivity index (χ3n) is 7.36. The molecular formula is C29H39F3. The summed E-state index contributed by atoms with van der Waals surface area (Å²) in [5.41, 5.74) is 2.71. The fourth-order valence-corrected chi connectivity index (χ4v) is 5.34. The van der Waals surface area contributed by atoms with Crippen LogP contribution in [0.4, 0.5) is 13.2 Å². The quantitative estimate of drug-likeness (QED) is 0.302. The number of benzene rings is 2. The summed E-state index contributed by atoms with van der Waals surface area (Å²) in [5.74, 6) is -3.93. The molecule has 1 fully saturated rings. The van der Waals surface area contributed by atoms with E-state index in [9.17, 15) is 13.2 Å². The molecule has 0 aromatic heterocycles. The van der Waals surface area contributed by atoms with E-state index in [-0.39, 0.29) is 11.8 Å². The summed E-state index contributed by atoms with van der Waals surface area (Å²) in [6.45, 7) is 4.11. The van der Waals surface area contributed by atoms with E-state index >= 15 is 0 Å². The highest BCUT2D eigenvalue weighted by molar-refractivity contribution is 5.64. The largest absolute Gasteiger partial charge is 0.276 e.